The molecule has 0 saturated carbocycles. The molecule has 7 nitrogen and oxygen atoms in total. The topological polar surface area (TPSA) is 83.6 Å². The number of hydrogen-bond acceptors (Lipinski definition) is 5. The summed E-state index contributed by atoms with van der Waals surface area (Å²) in [7, 11) is 1.60. The molecule has 7 heteroatoms. The average molecular weight is 402 g/mol. The molecule has 30 heavy (non-hydrogen) atoms. The van der Waals surface area contributed by atoms with Gasteiger partial charge in [0, 0.05) is 11.9 Å². The van der Waals surface area contributed by atoms with Crippen LogP contribution in [0.5, 0.6) is 5.75 Å². The summed E-state index contributed by atoms with van der Waals surface area (Å²) in [5.41, 5.74) is 2.90. The fraction of sp³-hybridized carbons (Fsp3) is 0.174. The first kappa shape index (κ1) is 19.4. The lowest BCUT2D eigenvalue weighted by molar-refractivity contribution is -0.122. The molecule has 1 aliphatic heterocycles. The van der Waals surface area contributed by atoms with Crippen LogP contribution in [0.2, 0.25) is 0 Å². The van der Waals surface area contributed by atoms with Crippen LogP contribution >= 0.6 is 0 Å². The molecular weight excluding hydrogens is 380 g/mol. The van der Waals surface area contributed by atoms with E-state index in [9.17, 15) is 9.59 Å². The Bertz CT molecular complexity index is 1040. The van der Waals surface area contributed by atoms with Crippen molar-refractivity contribution < 1.29 is 14.3 Å². The molecule has 2 N–H and O–H groups in total. The predicted octanol–water partition coefficient (Wildman–Crippen LogP) is 2.97. The molecule has 2 heterocycles. The highest BCUT2D eigenvalue weighted by Gasteiger charge is 2.34. The van der Waals surface area contributed by atoms with E-state index in [0.29, 0.717) is 12.1 Å². The molecule has 0 saturated heterocycles. The Kier molecular flexibility index (Phi) is 5.61. The maximum Gasteiger partial charge on any atom is 0.258 e. The van der Waals surface area contributed by atoms with Crippen LogP contribution in [-0.2, 0) is 11.3 Å². The third-order valence-electron chi connectivity index (χ3n) is 4.96. The summed E-state index contributed by atoms with van der Waals surface area (Å²) in [5, 5.41) is 6.22. The van der Waals surface area contributed by atoms with Crippen LogP contribution in [0.4, 0.5) is 5.69 Å². The fourth-order valence-corrected chi connectivity index (χ4v) is 3.41. The third-order valence-corrected chi connectivity index (χ3v) is 4.96. The zero-order valence-corrected chi connectivity index (χ0v) is 16.5. The summed E-state index contributed by atoms with van der Waals surface area (Å²) in [5.74, 6) is 0.271. The van der Waals surface area contributed by atoms with Crippen molar-refractivity contribution in [2.24, 2.45) is 0 Å². The van der Waals surface area contributed by atoms with E-state index in [1.807, 2.05) is 60.7 Å². The number of pyridine rings is 1. The molecule has 0 unspecified atom stereocenters. The smallest absolute Gasteiger partial charge is 0.258 e. The van der Waals surface area contributed by atoms with Gasteiger partial charge in [0.15, 0.2) is 0 Å². The van der Waals surface area contributed by atoms with E-state index in [0.717, 1.165) is 22.7 Å². The Hall–Kier alpha value is -3.87. The fourth-order valence-electron chi connectivity index (χ4n) is 3.41. The van der Waals surface area contributed by atoms with E-state index in [2.05, 4.69) is 15.6 Å². The first-order valence-corrected chi connectivity index (χ1v) is 9.63. The first-order chi connectivity index (χ1) is 14.7. The lowest BCUT2D eigenvalue weighted by Gasteiger charge is -2.37. The van der Waals surface area contributed by atoms with Crippen LogP contribution in [0.3, 0.4) is 0 Å². The first-order valence-electron chi connectivity index (χ1n) is 9.63. The maximum absolute atomic E-state index is 13.2. The average Bonchev–Trinajstić information content (AvgIpc) is 2.80. The van der Waals surface area contributed by atoms with Crippen LogP contribution < -0.4 is 15.4 Å². The Morgan fingerprint density at radius 3 is 2.60 bits per heavy atom. The minimum atomic E-state index is -0.473. The SMILES string of the molecule is COc1ccc([C@H]2Nc3ccccc3C(=O)N2CC(=O)NCc2ccccn2)cc1. The number of benzene rings is 2. The van der Waals surface area contributed by atoms with Gasteiger partial charge in [0.2, 0.25) is 5.91 Å². The highest BCUT2D eigenvalue weighted by Crippen LogP contribution is 2.33. The van der Waals surface area contributed by atoms with Crippen molar-refractivity contribution >= 4 is 17.5 Å². The van der Waals surface area contributed by atoms with Crippen molar-refractivity contribution in [1.82, 2.24) is 15.2 Å². The number of carbonyl (C=O) groups excluding carboxylic acids is 2. The van der Waals surface area contributed by atoms with E-state index in [1.54, 1.807) is 19.4 Å². The van der Waals surface area contributed by atoms with Gasteiger partial charge in [-0.05, 0) is 42.0 Å². The molecule has 1 aromatic heterocycles. The number of anilines is 1. The number of carbonyl (C=O) groups is 2. The highest BCUT2D eigenvalue weighted by atomic mass is 16.5. The highest BCUT2D eigenvalue weighted by molar-refractivity contribution is 6.03. The van der Waals surface area contributed by atoms with E-state index in [-0.39, 0.29) is 18.4 Å². The lowest BCUT2D eigenvalue weighted by atomic mass is 10.0. The monoisotopic (exact) mass is 402 g/mol. The second-order valence-electron chi connectivity index (χ2n) is 6.90. The van der Waals surface area contributed by atoms with Gasteiger partial charge in [0.05, 0.1) is 24.9 Å². The van der Waals surface area contributed by atoms with Gasteiger partial charge in [-0.2, -0.15) is 0 Å². The predicted molar refractivity (Wildman–Crippen MR) is 113 cm³/mol. The number of fused-ring (bicyclic) bond motifs is 1. The number of nitrogens with one attached hydrogen (secondary N) is 2. The number of ether oxygens (including phenoxy) is 1. The van der Waals surface area contributed by atoms with Crippen molar-refractivity contribution in [2.75, 3.05) is 19.0 Å². The zero-order chi connectivity index (χ0) is 20.9. The van der Waals surface area contributed by atoms with Crippen molar-refractivity contribution in [1.29, 1.82) is 0 Å². The summed E-state index contributed by atoms with van der Waals surface area (Å²) in [6.45, 7) is 0.225. The molecule has 1 atom stereocenters. The van der Waals surface area contributed by atoms with Crippen molar-refractivity contribution in [3.05, 3.63) is 89.7 Å². The van der Waals surface area contributed by atoms with E-state index < -0.39 is 6.17 Å². The maximum atomic E-state index is 13.2. The van der Waals surface area contributed by atoms with Gasteiger partial charge in [-0.25, -0.2) is 0 Å². The van der Waals surface area contributed by atoms with Gasteiger partial charge in [0.1, 0.15) is 18.5 Å². The molecule has 2 amide bonds. The van der Waals surface area contributed by atoms with Crippen molar-refractivity contribution in [2.45, 2.75) is 12.7 Å². The molecule has 152 valence electrons. The standard InChI is InChI=1S/C23H22N4O3/c1-30-18-11-9-16(10-12-18)22-26-20-8-3-2-7-19(20)23(29)27(22)15-21(28)25-14-17-6-4-5-13-24-17/h2-13,22,26H,14-15H2,1H3,(H,25,28)/t22-/m0/s1. The molecular formula is C23H22N4O3. The molecule has 0 bridgehead atoms. The lowest BCUT2D eigenvalue weighted by Crippen LogP contribution is -2.47. The van der Waals surface area contributed by atoms with Gasteiger partial charge in [-0.1, -0.05) is 30.3 Å². The molecule has 0 fully saturated rings. The Morgan fingerprint density at radius 1 is 1.10 bits per heavy atom. The quantitative estimate of drug-likeness (QED) is 0.662. The number of aromatic nitrogens is 1. The second kappa shape index (κ2) is 8.65. The summed E-state index contributed by atoms with van der Waals surface area (Å²) in [4.78, 5) is 31.6. The second-order valence-corrected chi connectivity index (χ2v) is 6.90. The zero-order valence-electron chi connectivity index (χ0n) is 16.5. The summed E-state index contributed by atoms with van der Waals surface area (Å²) in [6.07, 6.45) is 1.20. The van der Waals surface area contributed by atoms with E-state index in [1.165, 1.54) is 4.90 Å². The Balaban J connectivity index is 1.56. The normalized spacial score (nSPS) is 15.2. The van der Waals surface area contributed by atoms with E-state index >= 15 is 0 Å². The molecule has 0 aliphatic carbocycles. The number of para-hydroxylation sites is 1. The van der Waals surface area contributed by atoms with Gasteiger partial charge < -0.3 is 20.3 Å². The molecule has 2 aromatic carbocycles. The number of methoxy groups -OCH3 is 1. The number of rotatable bonds is 6. The van der Waals surface area contributed by atoms with Gasteiger partial charge >= 0.3 is 0 Å². The third kappa shape index (κ3) is 4.10. The van der Waals surface area contributed by atoms with Crippen LogP contribution in [0, 0.1) is 0 Å². The molecule has 4 rings (SSSR count). The summed E-state index contributed by atoms with van der Waals surface area (Å²) >= 11 is 0. The Morgan fingerprint density at radius 2 is 1.87 bits per heavy atom. The summed E-state index contributed by atoms with van der Waals surface area (Å²) in [6, 6.07) is 20.3. The number of amides is 2. The largest absolute Gasteiger partial charge is 0.497 e. The van der Waals surface area contributed by atoms with Gasteiger partial charge in [0.25, 0.3) is 5.91 Å². The van der Waals surface area contributed by atoms with Crippen molar-refractivity contribution in [3.63, 3.8) is 0 Å². The van der Waals surface area contributed by atoms with Crippen LogP contribution in [0.25, 0.3) is 0 Å². The van der Waals surface area contributed by atoms with Crippen molar-refractivity contribution in [3.8, 4) is 5.75 Å². The van der Waals surface area contributed by atoms with Gasteiger partial charge in [-0.15, -0.1) is 0 Å². The summed E-state index contributed by atoms with van der Waals surface area (Å²) < 4.78 is 5.23. The number of hydrogen-bond donors (Lipinski definition) is 2. The molecule has 3 aromatic rings. The number of nitrogens with zero attached hydrogens (tertiary/aromatic N) is 2. The van der Waals surface area contributed by atoms with Crippen LogP contribution in [0.15, 0.2) is 72.9 Å². The van der Waals surface area contributed by atoms with Crippen LogP contribution in [-0.4, -0.2) is 35.4 Å². The minimum absolute atomic E-state index is 0.0797. The molecule has 0 spiro atoms. The van der Waals surface area contributed by atoms with Crippen LogP contribution in [0.1, 0.15) is 27.8 Å². The molecule has 0 radical (unpaired) electrons. The van der Waals surface area contributed by atoms with E-state index in [4.69, 9.17) is 4.74 Å². The van der Waals surface area contributed by atoms with Gasteiger partial charge in [-0.3, -0.25) is 14.6 Å². The Labute approximate surface area is 174 Å². The minimum Gasteiger partial charge on any atom is -0.497 e. The molecule has 1 aliphatic rings.